The first-order valence-corrected chi connectivity index (χ1v) is 5.77. The Balaban J connectivity index is 2.22. The zero-order valence-electron chi connectivity index (χ0n) is 9.86. The molecule has 2 nitrogen and oxygen atoms in total. The third kappa shape index (κ3) is 2.00. The average molecular weight is 260 g/mol. The maximum atomic E-state index is 13.8. The number of aliphatic hydroxyl groups excluding tert-OH is 1. The van der Waals surface area contributed by atoms with E-state index in [0.29, 0.717) is 10.9 Å². The lowest BCUT2D eigenvalue weighted by Crippen LogP contribution is -1.84. The van der Waals surface area contributed by atoms with Gasteiger partial charge in [-0.25, -0.2) is 8.78 Å². The van der Waals surface area contributed by atoms with Gasteiger partial charge < -0.3 is 9.52 Å². The van der Waals surface area contributed by atoms with Gasteiger partial charge in [0.05, 0.1) is 12.2 Å². The topological polar surface area (TPSA) is 33.4 Å². The van der Waals surface area contributed by atoms with E-state index >= 15 is 0 Å². The van der Waals surface area contributed by atoms with Crippen LogP contribution in [0.1, 0.15) is 5.56 Å². The highest BCUT2D eigenvalue weighted by Gasteiger charge is 2.13. The highest BCUT2D eigenvalue weighted by molar-refractivity contribution is 5.84. The molecule has 0 radical (unpaired) electrons. The Morgan fingerprint density at radius 3 is 2.53 bits per heavy atom. The van der Waals surface area contributed by atoms with E-state index in [-0.39, 0.29) is 23.5 Å². The molecule has 0 aliphatic carbocycles. The molecular weight excluding hydrogens is 250 g/mol. The predicted octanol–water partition coefficient (Wildman–Crippen LogP) is 3.87. The third-order valence-electron chi connectivity index (χ3n) is 2.95. The summed E-state index contributed by atoms with van der Waals surface area (Å²) in [4.78, 5) is 0. The van der Waals surface area contributed by atoms with Crippen LogP contribution in [0, 0.1) is 11.6 Å². The van der Waals surface area contributed by atoms with Gasteiger partial charge >= 0.3 is 0 Å². The lowest BCUT2D eigenvalue weighted by Gasteiger charge is -1.97. The van der Waals surface area contributed by atoms with Crippen molar-refractivity contribution in [3.05, 3.63) is 59.7 Å². The van der Waals surface area contributed by atoms with E-state index in [1.165, 1.54) is 12.1 Å². The fraction of sp³-hybridized carbons (Fsp3) is 0.0667. The fourth-order valence-corrected chi connectivity index (χ4v) is 2.05. The van der Waals surface area contributed by atoms with Crippen molar-refractivity contribution in [2.24, 2.45) is 0 Å². The van der Waals surface area contributed by atoms with E-state index in [2.05, 4.69) is 0 Å². The second-order valence-electron chi connectivity index (χ2n) is 4.24. The quantitative estimate of drug-likeness (QED) is 0.758. The molecular formula is C15H10F2O2. The number of hydrogen-bond acceptors (Lipinski definition) is 2. The van der Waals surface area contributed by atoms with Gasteiger partial charge in [-0.3, -0.25) is 0 Å². The number of halogens is 2. The van der Waals surface area contributed by atoms with Crippen molar-refractivity contribution in [2.75, 3.05) is 0 Å². The summed E-state index contributed by atoms with van der Waals surface area (Å²) in [6.45, 7) is -0.257. The minimum Gasteiger partial charge on any atom is -0.453 e. The summed E-state index contributed by atoms with van der Waals surface area (Å²) in [5, 5.41) is 9.53. The number of fused-ring (bicyclic) bond motifs is 1. The van der Waals surface area contributed by atoms with Crippen LogP contribution in [-0.4, -0.2) is 5.11 Å². The summed E-state index contributed by atoms with van der Waals surface area (Å²) < 4.78 is 32.8. The third-order valence-corrected chi connectivity index (χ3v) is 2.95. The van der Waals surface area contributed by atoms with Crippen LogP contribution in [0.25, 0.3) is 22.3 Å². The summed E-state index contributed by atoms with van der Waals surface area (Å²) in [5.41, 5.74) is 0.796. The van der Waals surface area contributed by atoms with Crippen LogP contribution in [0.15, 0.2) is 46.9 Å². The van der Waals surface area contributed by atoms with Crippen LogP contribution in [0.4, 0.5) is 8.78 Å². The van der Waals surface area contributed by atoms with Crippen LogP contribution in [0.2, 0.25) is 0 Å². The zero-order valence-corrected chi connectivity index (χ0v) is 9.86. The largest absolute Gasteiger partial charge is 0.453 e. The molecule has 0 aliphatic heterocycles. The van der Waals surface area contributed by atoms with Gasteiger partial charge in [-0.1, -0.05) is 12.1 Å². The molecule has 1 aromatic heterocycles. The second kappa shape index (κ2) is 4.48. The second-order valence-corrected chi connectivity index (χ2v) is 4.24. The Kier molecular flexibility index (Phi) is 2.80. The van der Waals surface area contributed by atoms with Gasteiger partial charge in [0.2, 0.25) is 0 Å². The van der Waals surface area contributed by atoms with E-state index in [0.717, 1.165) is 0 Å². The molecule has 4 heteroatoms. The van der Waals surface area contributed by atoms with Gasteiger partial charge in [-0.15, -0.1) is 0 Å². The molecule has 1 heterocycles. The summed E-state index contributed by atoms with van der Waals surface area (Å²) in [6, 6.07) is 10.5. The number of aliphatic hydroxyl groups is 1. The Morgan fingerprint density at radius 2 is 1.79 bits per heavy atom. The van der Waals surface area contributed by atoms with Crippen LogP contribution in [-0.2, 0) is 6.61 Å². The molecule has 96 valence electrons. The lowest BCUT2D eigenvalue weighted by atomic mass is 10.1. The molecule has 0 aliphatic rings. The highest BCUT2D eigenvalue weighted by Crippen LogP contribution is 2.31. The molecule has 3 rings (SSSR count). The van der Waals surface area contributed by atoms with E-state index in [1.807, 2.05) is 0 Å². The van der Waals surface area contributed by atoms with E-state index in [4.69, 9.17) is 9.52 Å². The number of furan rings is 1. The lowest BCUT2D eigenvalue weighted by molar-refractivity contribution is 0.281. The molecule has 0 spiro atoms. The smallest absolute Gasteiger partial charge is 0.170 e. The van der Waals surface area contributed by atoms with Crippen molar-refractivity contribution in [3.8, 4) is 11.3 Å². The molecule has 0 fully saturated rings. The summed E-state index contributed by atoms with van der Waals surface area (Å²) >= 11 is 0. The SMILES string of the molecule is OCc1cc(F)c2oc(-c3ccccc3F)cc2c1. The van der Waals surface area contributed by atoms with Gasteiger partial charge in [0.15, 0.2) is 11.4 Å². The Bertz CT molecular complexity index is 747. The Hall–Kier alpha value is -2.20. The number of benzene rings is 2. The van der Waals surface area contributed by atoms with Gasteiger partial charge in [-0.2, -0.15) is 0 Å². The molecule has 0 bridgehead atoms. The normalized spacial score (nSPS) is 11.1. The maximum Gasteiger partial charge on any atom is 0.170 e. The summed E-state index contributed by atoms with van der Waals surface area (Å²) in [6.07, 6.45) is 0. The van der Waals surface area contributed by atoms with Gasteiger partial charge in [0.1, 0.15) is 11.6 Å². The van der Waals surface area contributed by atoms with Crippen molar-refractivity contribution < 1.29 is 18.3 Å². The number of rotatable bonds is 2. The molecule has 0 atom stereocenters. The molecule has 19 heavy (non-hydrogen) atoms. The minimum atomic E-state index is -0.566. The predicted molar refractivity (Wildman–Crippen MR) is 67.5 cm³/mol. The van der Waals surface area contributed by atoms with Crippen LogP contribution < -0.4 is 0 Å². The molecule has 3 aromatic rings. The van der Waals surface area contributed by atoms with Crippen LogP contribution in [0.5, 0.6) is 0 Å². The molecule has 1 N–H and O–H groups in total. The fourth-order valence-electron chi connectivity index (χ4n) is 2.05. The van der Waals surface area contributed by atoms with Crippen LogP contribution in [0.3, 0.4) is 0 Å². The van der Waals surface area contributed by atoms with Crippen molar-refractivity contribution in [1.29, 1.82) is 0 Å². The Morgan fingerprint density at radius 1 is 1.00 bits per heavy atom. The first-order chi connectivity index (χ1) is 9.19. The standard InChI is InChI=1S/C15H10F2O2/c16-12-4-2-1-3-11(12)14-7-10-5-9(8-18)6-13(17)15(10)19-14/h1-7,18H,8H2. The van der Waals surface area contributed by atoms with E-state index in [1.54, 1.807) is 30.3 Å². The molecule has 0 saturated carbocycles. The first-order valence-electron chi connectivity index (χ1n) is 5.77. The molecule has 0 amide bonds. The van der Waals surface area contributed by atoms with E-state index in [9.17, 15) is 8.78 Å². The van der Waals surface area contributed by atoms with Gasteiger partial charge in [0, 0.05) is 5.39 Å². The van der Waals surface area contributed by atoms with Crippen LogP contribution >= 0.6 is 0 Å². The first kappa shape index (κ1) is 11.9. The van der Waals surface area contributed by atoms with Crippen molar-refractivity contribution in [3.63, 3.8) is 0 Å². The zero-order chi connectivity index (χ0) is 13.4. The Labute approximate surface area is 107 Å². The molecule has 0 unspecified atom stereocenters. The highest BCUT2D eigenvalue weighted by atomic mass is 19.1. The van der Waals surface area contributed by atoms with Gasteiger partial charge in [-0.05, 0) is 35.9 Å². The molecule has 0 saturated heterocycles. The van der Waals surface area contributed by atoms with Crippen molar-refractivity contribution in [1.82, 2.24) is 0 Å². The summed E-state index contributed by atoms with van der Waals surface area (Å²) in [5.74, 6) is -0.726. The monoisotopic (exact) mass is 260 g/mol. The number of hydrogen-bond donors (Lipinski definition) is 1. The van der Waals surface area contributed by atoms with Gasteiger partial charge in [0.25, 0.3) is 0 Å². The maximum absolute atomic E-state index is 13.8. The summed E-state index contributed by atoms with van der Waals surface area (Å²) in [7, 11) is 0. The van der Waals surface area contributed by atoms with Crippen molar-refractivity contribution >= 4 is 11.0 Å². The van der Waals surface area contributed by atoms with E-state index < -0.39 is 11.6 Å². The molecule has 2 aromatic carbocycles. The minimum absolute atomic E-state index is 0.0652. The van der Waals surface area contributed by atoms with Crippen molar-refractivity contribution in [2.45, 2.75) is 6.61 Å². The average Bonchev–Trinajstić information content (AvgIpc) is 2.83.